The van der Waals surface area contributed by atoms with Crippen LogP contribution in [0, 0.1) is 6.92 Å². The van der Waals surface area contributed by atoms with Crippen molar-refractivity contribution >= 4 is 45.9 Å². The Labute approximate surface area is 204 Å². The number of rotatable bonds is 9. The summed E-state index contributed by atoms with van der Waals surface area (Å²) < 4.78 is 0. The van der Waals surface area contributed by atoms with E-state index in [9.17, 15) is 34.5 Å². The first-order valence-electron chi connectivity index (χ1n) is 10.4. The van der Waals surface area contributed by atoms with Gasteiger partial charge in [0.1, 0.15) is 5.00 Å². The number of carbonyl (C=O) groups is 4. The van der Waals surface area contributed by atoms with E-state index in [0.717, 1.165) is 21.8 Å². The molecule has 0 fully saturated rings. The Balaban J connectivity index is 1.64. The molecule has 3 aromatic rings. The normalized spacial score (nSPS) is 12.3. The number of amides is 3. The van der Waals surface area contributed by atoms with Gasteiger partial charge in [0.05, 0.1) is 11.6 Å². The maximum atomic E-state index is 12.7. The Morgan fingerprint density at radius 3 is 2.20 bits per heavy atom. The van der Waals surface area contributed by atoms with E-state index in [1.54, 1.807) is 37.3 Å². The third-order valence-corrected chi connectivity index (χ3v) is 5.93. The van der Waals surface area contributed by atoms with E-state index in [1.807, 2.05) is 0 Å². The molecule has 1 aromatic heterocycles. The lowest BCUT2D eigenvalue weighted by atomic mass is 10.0. The summed E-state index contributed by atoms with van der Waals surface area (Å²) in [6.45, 7) is 1.73. The first-order valence-corrected chi connectivity index (χ1v) is 11.2. The molecule has 2 aromatic carbocycles. The summed E-state index contributed by atoms with van der Waals surface area (Å²) in [5.41, 5.74) is 1.27. The van der Waals surface area contributed by atoms with Gasteiger partial charge < -0.3 is 26.0 Å². The van der Waals surface area contributed by atoms with Crippen LogP contribution in [0.3, 0.4) is 0 Å². The number of aliphatic hydroxyl groups is 1. The Hall–Kier alpha value is -4.22. The number of aromatic carboxylic acids is 1. The summed E-state index contributed by atoms with van der Waals surface area (Å²) in [5, 5.41) is 36.3. The van der Waals surface area contributed by atoms with E-state index < -0.39 is 36.0 Å². The number of anilines is 2. The molecular formula is C24H23N3O7S. The summed E-state index contributed by atoms with van der Waals surface area (Å²) in [4.78, 5) is 48.3. The molecule has 3 rings (SSSR count). The maximum absolute atomic E-state index is 12.7. The molecule has 10 nitrogen and oxygen atoms in total. The molecule has 3 amide bonds. The van der Waals surface area contributed by atoms with Crippen molar-refractivity contribution in [2.75, 3.05) is 10.6 Å². The number of carboxylic acids is 2. The molecule has 1 heterocycles. The number of urea groups is 1. The lowest BCUT2D eigenvalue weighted by Gasteiger charge is -2.21. The van der Waals surface area contributed by atoms with E-state index in [0.29, 0.717) is 5.69 Å². The second kappa shape index (κ2) is 11.3. The number of carbonyl (C=O) groups excluding carboxylic acids is 2. The van der Waals surface area contributed by atoms with Crippen LogP contribution in [0.15, 0.2) is 60.7 Å². The van der Waals surface area contributed by atoms with E-state index in [-0.39, 0.29) is 22.5 Å². The van der Waals surface area contributed by atoms with Crippen LogP contribution in [0.1, 0.15) is 31.2 Å². The fourth-order valence-electron chi connectivity index (χ4n) is 3.27. The zero-order chi connectivity index (χ0) is 25.5. The predicted octanol–water partition coefficient (Wildman–Crippen LogP) is 3.19. The quantitative estimate of drug-likeness (QED) is 0.264. The SMILES string of the molecule is Cc1cc(C(=O)O)c(NC(=O)Nc2ccc(C(=O)NC(Cc3ccccc3)C(O)C(=O)O)cc2)s1. The molecule has 35 heavy (non-hydrogen) atoms. The molecule has 2 atom stereocenters. The summed E-state index contributed by atoms with van der Waals surface area (Å²) in [6, 6.07) is 14.4. The monoisotopic (exact) mass is 497 g/mol. The van der Waals surface area contributed by atoms with Gasteiger partial charge >= 0.3 is 18.0 Å². The minimum atomic E-state index is -1.81. The molecular weight excluding hydrogens is 474 g/mol. The first kappa shape index (κ1) is 25.4. The Bertz CT molecular complexity index is 1230. The van der Waals surface area contributed by atoms with Crippen molar-refractivity contribution in [2.24, 2.45) is 0 Å². The highest BCUT2D eigenvalue weighted by Gasteiger charge is 2.28. The van der Waals surface area contributed by atoms with Crippen LogP contribution < -0.4 is 16.0 Å². The number of aryl methyl sites for hydroxylation is 1. The van der Waals surface area contributed by atoms with Gasteiger partial charge in [-0.1, -0.05) is 30.3 Å². The van der Waals surface area contributed by atoms with Gasteiger partial charge in [0.15, 0.2) is 6.10 Å². The van der Waals surface area contributed by atoms with Gasteiger partial charge in [0.2, 0.25) is 0 Å². The molecule has 0 aliphatic rings. The summed E-state index contributed by atoms with van der Waals surface area (Å²) >= 11 is 1.13. The number of thiophene rings is 1. The van der Waals surface area contributed by atoms with Crippen LogP contribution in [0.2, 0.25) is 0 Å². The molecule has 0 saturated carbocycles. The molecule has 0 bridgehead atoms. The molecule has 2 unspecified atom stereocenters. The van der Waals surface area contributed by atoms with Gasteiger partial charge in [-0.05, 0) is 49.2 Å². The van der Waals surface area contributed by atoms with Gasteiger partial charge in [0, 0.05) is 16.1 Å². The highest BCUT2D eigenvalue weighted by Crippen LogP contribution is 2.27. The third-order valence-electron chi connectivity index (χ3n) is 4.97. The number of hydrogen-bond donors (Lipinski definition) is 6. The van der Waals surface area contributed by atoms with Crippen LogP contribution in [0.4, 0.5) is 15.5 Å². The Morgan fingerprint density at radius 1 is 0.943 bits per heavy atom. The largest absolute Gasteiger partial charge is 0.479 e. The summed E-state index contributed by atoms with van der Waals surface area (Å²) in [5.74, 6) is -3.20. The third kappa shape index (κ3) is 6.88. The molecule has 182 valence electrons. The number of benzene rings is 2. The van der Waals surface area contributed by atoms with Gasteiger partial charge in [-0.2, -0.15) is 0 Å². The number of nitrogens with one attached hydrogen (secondary N) is 3. The number of hydrogen-bond acceptors (Lipinski definition) is 6. The second-order valence-corrected chi connectivity index (χ2v) is 8.87. The van der Waals surface area contributed by atoms with E-state index in [1.165, 1.54) is 30.3 Å². The zero-order valence-electron chi connectivity index (χ0n) is 18.5. The molecule has 0 saturated heterocycles. The fourth-order valence-corrected chi connectivity index (χ4v) is 4.17. The van der Waals surface area contributed by atoms with Crippen LogP contribution in [0.25, 0.3) is 0 Å². The van der Waals surface area contributed by atoms with Crippen LogP contribution in [-0.4, -0.2) is 51.3 Å². The van der Waals surface area contributed by atoms with Crippen molar-refractivity contribution in [1.82, 2.24) is 5.32 Å². The van der Waals surface area contributed by atoms with Crippen molar-refractivity contribution in [2.45, 2.75) is 25.5 Å². The van der Waals surface area contributed by atoms with E-state index >= 15 is 0 Å². The lowest BCUT2D eigenvalue weighted by Crippen LogP contribution is -2.48. The topological polar surface area (TPSA) is 165 Å². The molecule has 0 spiro atoms. The Kier molecular flexibility index (Phi) is 8.18. The molecule has 0 radical (unpaired) electrons. The number of aliphatic carboxylic acids is 1. The van der Waals surface area contributed by atoms with Crippen LogP contribution in [0.5, 0.6) is 0 Å². The van der Waals surface area contributed by atoms with Gasteiger partial charge in [0.25, 0.3) is 5.91 Å². The minimum Gasteiger partial charge on any atom is -0.479 e. The average Bonchev–Trinajstić information content (AvgIpc) is 3.19. The van der Waals surface area contributed by atoms with Gasteiger partial charge in [-0.15, -0.1) is 11.3 Å². The van der Waals surface area contributed by atoms with Crippen molar-refractivity contribution in [3.8, 4) is 0 Å². The van der Waals surface area contributed by atoms with Crippen molar-refractivity contribution in [3.05, 3.63) is 82.2 Å². The Morgan fingerprint density at radius 2 is 1.60 bits per heavy atom. The van der Waals surface area contributed by atoms with Gasteiger partial charge in [-0.3, -0.25) is 10.1 Å². The average molecular weight is 498 g/mol. The molecule has 0 aliphatic heterocycles. The minimum absolute atomic E-state index is 0.0109. The maximum Gasteiger partial charge on any atom is 0.338 e. The van der Waals surface area contributed by atoms with E-state index in [4.69, 9.17) is 0 Å². The zero-order valence-corrected chi connectivity index (χ0v) is 19.3. The highest BCUT2D eigenvalue weighted by molar-refractivity contribution is 7.16. The molecule has 6 N–H and O–H groups in total. The first-order chi connectivity index (χ1) is 16.6. The number of aliphatic hydroxyl groups excluding tert-OH is 1. The predicted molar refractivity (Wildman–Crippen MR) is 130 cm³/mol. The smallest absolute Gasteiger partial charge is 0.338 e. The fraction of sp³-hybridized carbons (Fsp3) is 0.167. The molecule has 11 heteroatoms. The number of carboxylic acid groups (broad SMARTS) is 2. The molecule has 0 aliphatic carbocycles. The second-order valence-electron chi connectivity index (χ2n) is 7.61. The highest BCUT2D eigenvalue weighted by atomic mass is 32.1. The van der Waals surface area contributed by atoms with Crippen molar-refractivity contribution < 1.29 is 34.5 Å². The summed E-state index contributed by atoms with van der Waals surface area (Å²) in [7, 11) is 0. The van der Waals surface area contributed by atoms with Crippen molar-refractivity contribution in [1.29, 1.82) is 0 Å². The van der Waals surface area contributed by atoms with Crippen LogP contribution in [-0.2, 0) is 11.2 Å². The van der Waals surface area contributed by atoms with Crippen LogP contribution >= 0.6 is 11.3 Å². The lowest BCUT2D eigenvalue weighted by molar-refractivity contribution is -0.148. The van der Waals surface area contributed by atoms with Crippen molar-refractivity contribution in [3.63, 3.8) is 0 Å². The van der Waals surface area contributed by atoms with E-state index in [2.05, 4.69) is 16.0 Å². The summed E-state index contributed by atoms with van der Waals surface area (Å²) in [6.07, 6.45) is -1.69. The standard InChI is InChI=1S/C24H23N3O7S/c1-13-11-17(22(30)31)21(35-13)27-24(34)25-16-9-7-15(8-10-16)20(29)26-18(19(28)23(32)33)12-14-5-3-2-4-6-14/h2-11,18-19,28H,12H2,1H3,(H,26,29)(H,30,31)(H,32,33)(H2,25,27,34). The van der Waals surface area contributed by atoms with Gasteiger partial charge in [-0.25, -0.2) is 14.4 Å².